The third kappa shape index (κ3) is 2.83. The number of aromatic nitrogens is 4. The van der Waals surface area contributed by atoms with Crippen LogP contribution in [0, 0.1) is 6.92 Å². The van der Waals surface area contributed by atoms with Gasteiger partial charge in [-0.05, 0) is 42.0 Å². The van der Waals surface area contributed by atoms with E-state index in [-0.39, 0.29) is 12.0 Å². The SMILES string of the molecule is Cc1c(NC(=O)[C@H]2OCCO[C@H]2C)cccc1-n1cnnn1. The van der Waals surface area contributed by atoms with E-state index in [0.717, 1.165) is 11.3 Å². The summed E-state index contributed by atoms with van der Waals surface area (Å²) in [6.45, 7) is 4.66. The van der Waals surface area contributed by atoms with Crippen LogP contribution in [-0.4, -0.2) is 51.5 Å². The number of nitrogens with one attached hydrogen (secondary N) is 1. The number of amides is 1. The van der Waals surface area contributed by atoms with Crippen molar-refractivity contribution in [2.45, 2.75) is 26.1 Å². The van der Waals surface area contributed by atoms with E-state index in [1.54, 1.807) is 4.68 Å². The summed E-state index contributed by atoms with van der Waals surface area (Å²) in [4.78, 5) is 12.4. The molecular formula is C14H17N5O3. The first-order chi connectivity index (χ1) is 10.7. The van der Waals surface area contributed by atoms with Gasteiger partial charge >= 0.3 is 0 Å². The summed E-state index contributed by atoms with van der Waals surface area (Å²) in [5.41, 5.74) is 2.36. The van der Waals surface area contributed by atoms with Gasteiger partial charge in [-0.1, -0.05) is 6.07 Å². The Hall–Kier alpha value is -2.32. The molecular weight excluding hydrogens is 286 g/mol. The van der Waals surface area contributed by atoms with Crippen LogP contribution in [0.5, 0.6) is 0 Å². The van der Waals surface area contributed by atoms with Gasteiger partial charge in [-0.2, -0.15) is 0 Å². The highest BCUT2D eigenvalue weighted by Gasteiger charge is 2.30. The lowest BCUT2D eigenvalue weighted by Crippen LogP contribution is -2.44. The van der Waals surface area contributed by atoms with Crippen LogP contribution in [0.4, 0.5) is 5.69 Å². The van der Waals surface area contributed by atoms with Gasteiger partial charge in [0.05, 0.1) is 25.0 Å². The van der Waals surface area contributed by atoms with Crippen LogP contribution in [0.15, 0.2) is 24.5 Å². The zero-order valence-corrected chi connectivity index (χ0v) is 12.4. The molecule has 1 fully saturated rings. The summed E-state index contributed by atoms with van der Waals surface area (Å²) in [5.74, 6) is -0.218. The molecule has 22 heavy (non-hydrogen) atoms. The van der Waals surface area contributed by atoms with Crippen molar-refractivity contribution in [3.8, 4) is 5.69 Å². The second-order valence-corrected chi connectivity index (χ2v) is 5.06. The minimum absolute atomic E-state index is 0.218. The lowest BCUT2D eigenvalue weighted by molar-refractivity contribution is -0.157. The number of tetrazole rings is 1. The molecule has 1 aliphatic rings. The third-order valence-electron chi connectivity index (χ3n) is 3.61. The molecule has 116 valence electrons. The number of hydrogen-bond donors (Lipinski definition) is 1. The number of carbonyl (C=O) groups is 1. The maximum absolute atomic E-state index is 12.4. The van der Waals surface area contributed by atoms with Crippen molar-refractivity contribution >= 4 is 11.6 Å². The Morgan fingerprint density at radius 3 is 2.91 bits per heavy atom. The number of anilines is 1. The molecule has 0 saturated carbocycles. The molecule has 8 heteroatoms. The van der Waals surface area contributed by atoms with Crippen molar-refractivity contribution in [3.05, 3.63) is 30.1 Å². The summed E-state index contributed by atoms with van der Waals surface area (Å²) >= 11 is 0. The van der Waals surface area contributed by atoms with Crippen molar-refractivity contribution in [1.29, 1.82) is 0 Å². The number of hydrogen-bond acceptors (Lipinski definition) is 6. The van der Waals surface area contributed by atoms with Crippen molar-refractivity contribution in [1.82, 2.24) is 20.2 Å². The second-order valence-electron chi connectivity index (χ2n) is 5.06. The van der Waals surface area contributed by atoms with Crippen LogP contribution in [0.25, 0.3) is 5.69 Å². The van der Waals surface area contributed by atoms with Crippen molar-refractivity contribution in [2.75, 3.05) is 18.5 Å². The Kier molecular flexibility index (Phi) is 4.12. The monoisotopic (exact) mass is 303 g/mol. The molecule has 8 nitrogen and oxygen atoms in total. The molecule has 0 bridgehead atoms. The lowest BCUT2D eigenvalue weighted by Gasteiger charge is -2.28. The molecule has 2 aromatic rings. The summed E-state index contributed by atoms with van der Waals surface area (Å²) in [5, 5.41) is 14.0. The van der Waals surface area contributed by atoms with Crippen molar-refractivity contribution in [2.24, 2.45) is 0 Å². The first-order valence-electron chi connectivity index (χ1n) is 7.04. The maximum Gasteiger partial charge on any atom is 0.256 e. The van der Waals surface area contributed by atoms with Gasteiger partial charge in [-0.3, -0.25) is 4.79 Å². The summed E-state index contributed by atoms with van der Waals surface area (Å²) in [7, 11) is 0. The predicted molar refractivity (Wildman–Crippen MR) is 77.7 cm³/mol. The molecule has 2 atom stereocenters. The smallest absolute Gasteiger partial charge is 0.256 e. The highest BCUT2D eigenvalue weighted by Crippen LogP contribution is 2.22. The molecule has 0 aliphatic carbocycles. The summed E-state index contributed by atoms with van der Waals surface area (Å²) in [6, 6.07) is 5.54. The summed E-state index contributed by atoms with van der Waals surface area (Å²) < 4.78 is 12.5. The zero-order valence-electron chi connectivity index (χ0n) is 12.4. The predicted octanol–water partition coefficient (Wildman–Crippen LogP) is 0.713. The Morgan fingerprint density at radius 2 is 2.18 bits per heavy atom. The normalized spacial score (nSPS) is 21.5. The van der Waals surface area contributed by atoms with E-state index in [4.69, 9.17) is 9.47 Å². The average Bonchev–Trinajstić information content (AvgIpc) is 3.04. The van der Waals surface area contributed by atoms with Gasteiger partial charge in [-0.15, -0.1) is 5.10 Å². The zero-order chi connectivity index (χ0) is 15.5. The molecule has 2 heterocycles. The number of benzene rings is 1. The molecule has 1 N–H and O–H groups in total. The molecule has 1 aromatic heterocycles. The molecule has 0 spiro atoms. The van der Waals surface area contributed by atoms with Gasteiger partial charge in [0.1, 0.15) is 6.33 Å². The van der Waals surface area contributed by atoms with Gasteiger partial charge in [0, 0.05) is 5.69 Å². The highest BCUT2D eigenvalue weighted by atomic mass is 16.6. The topological polar surface area (TPSA) is 91.2 Å². The Balaban J connectivity index is 1.81. The molecule has 1 aliphatic heterocycles. The lowest BCUT2D eigenvalue weighted by atomic mass is 10.1. The van der Waals surface area contributed by atoms with Gasteiger partial charge in [0.15, 0.2) is 6.10 Å². The van der Waals surface area contributed by atoms with Crippen LogP contribution < -0.4 is 5.32 Å². The van der Waals surface area contributed by atoms with Crippen LogP contribution in [0.1, 0.15) is 12.5 Å². The molecule has 3 rings (SSSR count). The molecule has 1 amide bonds. The van der Waals surface area contributed by atoms with Gasteiger partial charge in [0.2, 0.25) is 0 Å². The Morgan fingerprint density at radius 1 is 1.36 bits per heavy atom. The standard InChI is InChI=1S/C14H17N5O3/c1-9-11(4-3-5-12(9)19-8-15-17-18-19)16-14(20)13-10(2)21-6-7-22-13/h3-5,8,10,13H,6-7H2,1-2H3,(H,16,20)/t10-,13-/m0/s1. The second kappa shape index (κ2) is 6.20. The molecule has 0 radical (unpaired) electrons. The van der Waals surface area contributed by atoms with Gasteiger partial charge < -0.3 is 14.8 Å². The third-order valence-corrected chi connectivity index (χ3v) is 3.61. The van der Waals surface area contributed by atoms with E-state index in [9.17, 15) is 4.79 Å². The minimum atomic E-state index is -0.607. The van der Waals surface area contributed by atoms with Crippen LogP contribution in [-0.2, 0) is 14.3 Å². The molecule has 0 unspecified atom stereocenters. The number of nitrogens with zero attached hydrogens (tertiary/aromatic N) is 4. The Bertz CT molecular complexity index is 659. The number of rotatable bonds is 3. The fraction of sp³-hybridized carbons (Fsp3) is 0.429. The molecule has 1 saturated heterocycles. The van der Waals surface area contributed by atoms with Crippen LogP contribution in [0.2, 0.25) is 0 Å². The fourth-order valence-corrected chi connectivity index (χ4v) is 2.40. The maximum atomic E-state index is 12.4. The van der Waals surface area contributed by atoms with E-state index in [0.29, 0.717) is 18.9 Å². The first-order valence-corrected chi connectivity index (χ1v) is 7.04. The van der Waals surface area contributed by atoms with Crippen LogP contribution in [0.3, 0.4) is 0 Å². The van der Waals surface area contributed by atoms with Crippen molar-refractivity contribution < 1.29 is 14.3 Å². The van der Waals surface area contributed by atoms with Crippen LogP contribution >= 0.6 is 0 Å². The largest absolute Gasteiger partial charge is 0.373 e. The first kappa shape index (κ1) is 14.6. The van der Waals surface area contributed by atoms with Gasteiger partial charge in [-0.25, -0.2) is 4.68 Å². The van der Waals surface area contributed by atoms with E-state index >= 15 is 0 Å². The van der Waals surface area contributed by atoms with E-state index < -0.39 is 6.10 Å². The number of carbonyl (C=O) groups excluding carboxylic acids is 1. The van der Waals surface area contributed by atoms with E-state index in [1.807, 2.05) is 32.0 Å². The fourth-order valence-electron chi connectivity index (χ4n) is 2.40. The number of ether oxygens (including phenoxy) is 2. The van der Waals surface area contributed by atoms with Gasteiger partial charge in [0.25, 0.3) is 5.91 Å². The van der Waals surface area contributed by atoms with E-state index in [2.05, 4.69) is 20.8 Å². The molecule has 1 aromatic carbocycles. The van der Waals surface area contributed by atoms with Crippen molar-refractivity contribution in [3.63, 3.8) is 0 Å². The average molecular weight is 303 g/mol. The quantitative estimate of drug-likeness (QED) is 0.898. The summed E-state index contributed by atoms with van der Waals surface area (Å²) in [6.07, 6.45) is 0.635. The minimum Gasteiger partial charge on any atom is -0.373 e. The van der Waals surface area contributed by atoms with E-state index in [1.165, 1.54) is 6.33 Å². The highest BCUT2D eigenvalue weighted by molar-refractivity contribution is 5.95. The Labute approximate surface area is 127 Å².